The first-order chi connectivity index (χ1) is 19.0. The van der Waals surface area contributed by atoms with E-state index < -0.39 is 18.1 Å². The zero-order valence-electron chi connectivity index (χ0n) is 20.8. The van der Waals surface area contributed by atoms with E-state index in [4.69, 9.17) is 9.72 Å². The highest BCUT2D eigenvalue weighted by Crippen LogP contribution is 2.44. The molecule has 0 spiro atoms. The second kappa shape index (κ2) is 10.4. The van der Waals surface area contributed by atoms with Gasteiger partial charge in [0.05, 0.1) is 11.4 Å². The van der Waals surface area contributed by atoms with Crippen molar-refractivity contribution in [3.05, 3.63) is 118 Å². The van der Waals surface area contributed by atoms with Crippen LogP contribution >= 0.6 is 15.9 Å². The summed E-state index contributed by atoms with van der Waals surface area (Å²) in [4.78, 5) is 29.9. The highest BCUT2D eigenvalue weighted by molar-refractivity contribution is 9.10. The standard InChI is InChI=1S/C31H24BrN3O4/c32-20-14-12-19(13-15-20)29-27(35-16-6-5-11-28(35)34-29)17-26(30(36)37)33-31(38)39-18-25-23-9-3-1-7-21(23)22-8-2-4-10-24(22)25/h1-16,25-26H,17-18H2,(H,33,38)(H,36,37). The molecule has 0 aliphatic heterocycles. The summed E-state index contributed by atoms with van der Waals surface area (Å²) in [5.41, 5.74) is 7.31. The fourth-order valence-electron chi connectivity index (χ4n) is 5.26. The number of halogens is 1. The number of hydrogen-bond acceptors (Lipinski definition) is 4. The SMILES string of the molecule is O=C(NC(Cc1c(-c2ccc(Br)cc2)nc2ccccn12)C(=O)O)OCC1c2ccccc2-c2ccccc21. The van der Waals surface area contributed by atoms with Crippen molar-refractivity contribution >= 4 is 33.6 Å². The third-order valence-corrected chi connectivity index (χ3v) is 7.61. The molecular weight excluding hydrogens is 558 g/mol. The molecule has 2 heterocycles. The van der Waals surface area contributed by atoms with Gasteiger partial charge in [-0.3, -0.25) is 0 Å². The van der Waals surface area contributed by atoms with Crippen molar-refractivity contribution in [3.8, 4) is 22.4 Å². The Morgan fingerprint density at radius 2 is 1.56 bits per heavy atom. The first-order valence-electron chi connectivity index (χ1n) is 12.6. The number of alkyl carbamates (subject to hydrolysis) is 1. The average Bonchev–Trinajstić information content (AvgIpc) is 3.47. The number of amides is 1. The molecule has 1 unspecified atom stereocenters. The monoisotopic (exact) mass is 581 g/mol. The minimum absolute atomic E-state index is 0.0239. The van der Waals surface area contributed by atoms with E-state index in [0.29, 0.717) is 17.0 Å². The molecule has 2 N–H and O–H groups in total. The molecule has 194 valence electrons. The molecule has 1 aliphatic rings. The van der Waals surface area contributed by atoms with E-state index in [2.05, 4.69) is 33.4 Å². The van der Waals surface area contributed by atoms with Gasteiger partial charge < -0.3 is 19.6 Å². The number of ether oxygens (including phenoxy) is 1. The van der Waals surface area contributed by atoms with Crippen molar-refractivity contribution in [2.24, 2.45) is 0 Å². The van der Waals surface area contributed by atoms with E-state index in [-0.39, 0.29) is 18.9 Å². The topological polar surface area (TPSA) is 92.9 Å². The molecule has 2 aromatic heterocycles. The number of imidazole rings is 1. The van der Waals surface area contributed by atoms with E-state index in [1.807, 2.05) is 89.5 Å². The number of pyridine rings is 1. The minimum Gasteiger partial charge on any atom is -0.480 e. The van der Waals surface area contributed by atoms with Crippen LogP contribution in [0.1, 0.15) is 22.7 Å². The molecule has 1 atom stereocenters. The van der Waals surface area contributed by atoms with Crippen molar-refractivity contribution in [1.29, 1.82) is 0 Å². The number of aliphatic carboxylic acids is 1. The minimum atomic E-state index is -1.21. The summed E-state index contributed by atoms with van der Waals surface area (Å²) in [5.74, 6) is -1.27. The lowest BCUT2D eigenvalue weighted by Crippen LogP contribution is -2.43. The Labute approximate surface area is 233 Å². The van der Waals surface area contributed by atoms with E-state index in [0.717, 1.165) is 32.3 Å². The molecule has 0 saturated heterocycles. The molecule has 8 heteroatoms. The summed E-state index contributed by atoms with van der Waals surface area (Å²) in [6.45, 7) is 0.103. The Kier molecular flexibility index (Phi) is 6.62. The van der Waals surface area contributed by atoms with Gasteiger partial charge >= 0.3 is 12.1 Å². The van der Waals surface area contributed by atoms with Gasteiger partial charge in [-0.25, -0.2) is 14.6 Å². The van der Waals surface area contributed by atoms with E-state index in [1.54, 1.807) is 0 Å². The third-order valence-electron chi connectivity index (χ3n) is 7.08. The van der Waals surface area contributed by atoms with Crippen LogP contribution < -0.4 is 5.32 Å². The Morgan fingerprint density at radius 1 is 0.923 bits per heavy atom. The second-order valence-corrected chi connectivity index (χ2v) is 10.3. The van der Waals surface area contributed by atoms with Crippen LogP contribution in [0.4, 0.5) is 4.79 Å². The van der Waals surface area contributed by atoms with Crippen LogP contribution in [0, 0.1) is 0 Å². The summed E-state index contributed by atoms with van der Waals surface area (Å²) in [7, 11) is 0. The summed E-state index contributed by atoms with van der Waals surface area (Å²) in [6.07, 6.45) is 1.09. The van der Waals surface area contributed by atoms with Crippen LogP contribution in [-0.2, 0) is 16.0 Å². The zero-order chi connectivity index (χ0) is 26.9. The van der Waals surface area contributed by atoms with Crippen molar-refractivity contribution in [1.82, 2.24) is 14.7 Å². The largest absolute Gasteiger partial charge is 0.480 e. The van der Waals surface area contributed by atoms with Gasteiger partial charge in [-0.1, -0.05) is 82.7 Å². The van der Waals surface area contributed by atoms with Crippen LogP contribution in [0.2, 0.25) is 0 Å². The van der Waals surface area contributed by atoms with Gasteiger partial charge in [-0.05, 0) is 46.5 Å². The fraction of sp³-hybridized carbons (Fsp3) is 0.129. The van der Waals surface area contributed by atoms with Crippen LogP contribution in [0.3, 0.4) is 0 Å². The predicted octanol–water partition coefficient (Wildman–Crippen LogP) is 6.30. The molecule has 0 radical (unpaired) electrons. The number of nitrogens with one attached hydrogen (secondary N) is 1. The lowest BCUT2D eigenvalue weighted by Gasteiger charge is -2.18. The summed E-state index contributed by atoms with van der Waals surface area (Å²) >= 11 is 3.45. The number of hydrogen-bond donors (Lipinski definition) is 2. The number of carboxylic acid groups (broad SMARTS) is 1. The highest BCUT2D eigenvalue weighted by atomic mass is 79.9. The van der Waals surface area contributed by atoms with Gasteiger partial charge in [0.15, 0.2) is 0 Å². The molecule has 1 aliphatic carbocycles. The van der Waals surface area contributed by atoms with Crippen molar-refractivity contribution in [3.63, 3.8) is 0 Å². The molecule has 0 bridgehead atoms. The Morgan fingerprint density at radius 3 is 2.23 bits per heavy atom. The van der Waals surface area contributed by atoms with Gasteiger partial charge in [0.2, 0.25) is 0 Å². The van der Waals surface area contributed by atoms with Crippen molar-refractivity contribution in [2.75, 3.05) is 6.61 Å². The first-order valence-corrected chi connectivity index (χ1v) is 13.3. The smallest absolute Gasteiger partial charge is 0.407 e. The molecule has 1 amide bonds. The molecule has 7 nitrogen and oxygen atoms in total. The second-order valence-electron chi connectivity index (χ2n) is 9.41. The van der Waals surface area contributed by atoms with E-state index in [9.17, 15) is 14.7 Å². The fourth-order valence-corrected chi connectivity index (χ4v) is 5.52. The number of nitrogens with zero attached hydrogens (tertiary/aromatic N) is 2. The molecule has 39 heavy (non-hydrogen) atoms. The Bertz CT molecular complexity index is 1650. The summed E-state index contributed by atoms with van der Waals surface area (Å²) in [5, 5.41) is 12.6. The van der Waals surface area contributed by atoms with E-state index in [1.165, 1.54) is 0 Å². The van der Waals surface area contributed by atoms with Crippen LogP contribution in [0.25, 0.3) is 28.0 Å². The zero-order valence-corrected chi connectivity index (χ0v) is 22.3. The number of carbonyl (C=O) groups is 2. The lowest BCUT2D eigenvalue weighted by atomic mass is 9.98. The molecule has 0 fully saturated rings. The number of aromatic nitrogens is 2. The number of fused-ring (bicyclic) bond motifs is 4. The lowest BCUT2D eigenvalue weighted by molar-refractivity contribution is -0.139. The van der Waals surface area contributed by atoms with Crippen molar-refractivity contribution < 1.29 is 19.4 Å². The third kappa shape index (κ3) is 4.79. The molecule has 6 rings (SSSR count). The maximum absolute atomic E-state index is 12.9. The predicted molar refractivity (Wildman–Crippen MR) is 152 cm³/mol. The van der Waals surface area contributed by atoms with E-state index >= 15 is 0 Å². The maximum Gasteiger partial charge on any atom is 0.407 e. The van der Waals surface area contributed by atoms with Gasteiger partial charge in [-0.15, -0.1) is 0 Å². The number of rotatable bonds is 7. The Balaban J connectivity index is 1.22. The molecule has 3 aromatic carbocycles. The van der Waals surface area contributed by atoms with Crippen LogP contribution in [-0.4, -0.2) is 39.2 Å². The molecule has 0 saturated carbocycles. The quantitative estimate of drug-likeness (QED) is 0.235. The normalized spacial score (nSPS) is 13.1. The maximum atomic E-state index is 12.9. The van der Waals surface area contributed by atoms with Crippen molar-refractivity contribution in [2.45, 2.75) is 18.4 Å². The molecule has 5 aromatic rings. The highest BCUT2D eigenvalue weighted by Gasteiger charge is 2.30. The summed E-state index contributed by atoms with van der Waals surface area (Å²) in [6, 6.07) is 28.2. The van der Waals surface area contributed by atoms with Gasteiger partial charge in [0.25, 0.3) is 0 Å². The average molecular weight is 582 g/mol. The van der Waals surface area contributed by atoms with Gasteiger partial charge in [-0.2, -0.15) is 0 Å². The summed E-state index contributed by atoms with van der Waals surface area (Å²) < 4.78 is 8.40. The van der Waals surface area contributed by atoms with Crippen LogP contribution in [0.15, 0.2) is 102 Å². The van der Waals surface area contributed by atoms with Crippen LogP contribution in [0.5, 0.6) is 0 Å². The Hall–Kier alpha value is -4.43. The van der Waals surface area contributed by atoms with Gasteiger partial charge in [0, 0.05) is 28.6 Å². The first kappa shape index (κ1) is 24.9. The number of carbonyl (C=O) groups excluding carboxylic acids is 1. The van der Waals surface area contributed by atoms with Gasteiger partial charge in [0.1, 0.15) is 18.3 Å². The molecular formula is C31H24BrN3O4. The number of benzene rings is 3. The number of carboxylic acids is 1.